The summed E-state index contributed by atoms with van der Waals surface area (Å²) in [5.74, 6) is -9.59. The monoisotopic (exact) mass is 1550 g/mol. The first-order valence-electron chi connectivity index (χ1n) is 35.8. The van der Waals surface area contributed by atoms with Gasteiger partial charge < -0.3 is 89.9 Å². The summed E-state index contributed by atoms with van der Waals surface area (Å²) in [6.07, 6.45) is -1.08. The normalized spacial score (nSPS) is 19.1. The van der Waals surface area contributed by atoms with E-state index < -0.39 is 180 Å². The van der Waals surface area contributed by atoms with Crippen molar-refractivity contribution >= 4 is 86.9 Å². The number of rotatable bonds is 47. The van der Waals surface area contributed by atoms with Crippen molar-refractivity contribution in [2.75, 3.05) is 106 Å². The highest BCUT2D eigenvalue weighted by atomic mass is 35.5. The fourth-order valence-electron chi connectivity index (χ4n) is 10.8. The van der Waals surface area contributed by atoms with E-state index in [-0.39, 0.29) is 83.4 Å². The minimum absolute atomic E-state index is 0.0114. The molecular formula is C73H109ClN8O24S. The topological polar surface area (TPSA) is 436 Å². The lowest BCUT2D eigenvalue weighted by Gasteiger charge is -2.29. The maximum absolute atomic E-state index is 14.3. The van der Waals surface area contributed by atoms with Crippen LogP contribution in [0.15, 0.2) is 67.3 Å². The number of benzene rings is 2. The number of halogens is 1. The predicted octanol–water partition coefficient (Wildman–Crippen LogP) is 3.40. The van der Waals surface area contributed by atoms with Crippen molar-refractivity contribution in [3.05, 3.63) is 89.0 Å². The molecule has 2 aliphatic rings. The molecule has 32 nitrogen and oxygen atoms in total. The van der Waals surface area contributed by atoms with Gasteiger partial charge in [0.15, 0.2) is 12.2 Å². The maximum atomic E-state index is 14.3. The number of aliphatic carboxylic acids is 1. The molecule has 0 aromatic heterocycles. The van der Waals surface area contributed by atoms with Gasteiger partial charge in [0.05, 0.1) is 88.8 Å². The lowest BCUT2D eigenvalue weighted by Crippen LogP contribution is -2.55. The van der Waals surface area contributed by atoms with Gasteiger partial charge in [-0.2, -0.15) is 8.42 Å². The van der Waals surface area contributed by atoms with Crippen LogP contribution < -0.4 is 42.0 Å². The highest BCUT2D eigenvalue weighted by Gasteiger charge is 2.48. The Morgan fingerprint density at radius 2 is 1.45 bits per heavy atom. The third-order valence-corrected chi connectivity index (χ3v) is 18.1. The van der Waals surface area contributed by atoms with Crippen molar-refractivity contribution in [2.45, 2.75) is 168 Å². The van der Waals surface area contributed by atoms with Gasteiger partial charge in [0.25, 0.3) is 10.1 Å². The van der Waals surface area contributed by atoms with Gasteiger partial charge >= 0.3 is 17.9 Å². The van der Waals surface area contributed by atoms with Gasteiger partial charge in [-0.25, -0.2) is 9.59 Å². The quantitative estimate of drug-likeness (QED) is 0.0151. The Labute approximate surface area is 630 Å². The van der Waals surface area contributed by atoms with Gasteiger partial charge in [0.2, 0.25) is 47.3 Å². The Morgan fingerprint density at radius 1 is 0.794 bits per heavy atom. The van der Waals surface area contributed by atoms with E-state index in [1.807, 2.05) is 32.9 Å². The number of carboxylic acid groups (broad SMARTS) is 1. The maximum Gasteiger partial charge on any atom is 0.347 e. The number of unbranched alkanes of at least 4 members (excludes halogenated alkanes) is 1. The Hall–Kier alpha value is -8.15. The number of hydrogen-bond acceptors (Lipinski definition) is 22. The second-order valence-electron chi connectivity index (χ2n) is 27.3. The first-order valence-corrected chi connectivity index (χ1v) is 37.8. The van der Waals surface area contributed by atoms with Crippen LogP contribution in [0.25, 0.3) is 0 Å². The summed E-state index contributed by atoms with van der Waals surface area (Å²) in [7, 11) is -1.34. The Balaban J connectivity index is 1.49. The highest BCUT2D eigenvalue weighted by molar-refractivity contribution is 7.85. The molecule has 9 N–H and O–H groups in total. The molecule has 9 atom stereocenters. The number of epoxide rings is 1. The van der Waals surface area contributed by atoms with Crippen LogP contribution in [-0.4, -0.2) is 236 Å². The fourth-order valence-corrected chi connectivity index (χ4v) is 11.5. The largest absolute Gasteiger partial charge is 0.495 e. The van der Waals surface area contributed by atoms with Crippen LogP contribution in [-0.2, 0) is 114 Å². The van der Waals surface area contributed by atoms with Crippen molar-refractivity contribution in [3.63, 3.8) is 0 Å². The summed E-state index contributed by atoms with van der Waals surface area (Å²) < 4.78 is 81.4. The van der Waals surface area contributed by atoms with Gasteiger partial charge in [0, 0.05) is 84.3 Å². The van der Waals surface area contributed by atoms with Crippen LogP contribution in [0.2, 0.25) is 5.02 Å². The van der Waals surface area contributed by atoms with Gasteiger partial charge in [-0.3, -0.25) is 47.7 Å². The summed E-state index contributed by atoms with van der Waals surface area (Å²) in [5, 5.41) is 29.1. The lowest BCUT2D eigenvalue weighted by atomic mass is 9.92. The Kier molecular flexibility index (Phi) is 40.6. The number of carbonyl (C=O) groups excluding carboxylic acids is 10. The number of methoxy groups -OCH3 is 2. The summed E-state index contributed by atoms with van der Waals surface area (Å²) in [6, 6.07) is 8.62. The minimum Gasteiger partial charge on any atom is -0.495 e. The van der Waals surface area contributed by atoms with Gasteiger partial charge in [-0.15, -0.1) is 6.58 Å². The summed E-state index contributed by atoms with van der Waals surface area (Å²) in [4.78, 5) is 149. The molecule has 0 bridgehead atoms. The van der Waals surface area contributed by atoms with Gasteiger partial charge in [-0.05, 0) is 86.3 Å². The first kappa shape index (κ1) is 91.2. The van der Waals surface area contributed by atoms with Gasteiger partial charge in [-0.1, -0.05) is 88.7 Å². The Morgan fingerprint density at radius 3 is 2.07 bits per heavy atom. The second kappa shape index (κ2) is 47.6. The molecule has 2 aromatic rings. The number of nitrogens with one attached hydrogen (secondary N) is 7. The van der Waals surface area contributed by atoms with Crippen LogP contribution >= 0.6 is 11.6 Å². The summed E-state index contributed by atoms with van der Waals surface area (Å²) in [6.45, 7) is 16.3. The van der Waals surface area contributed by atoms with E-state index >= 15 is 0 Å². The molecule has 1 fully saturated rings. The number of amides is 8. The van der Waals surface area contributed by atoms with E-state index in [9.17, 15) is 66.3 Å². The van der Waals surface area contributed by atoms with E-state index in [1.165, 1.54) is 25.3 Å². The molecule has 34 heteroatoms. The van der Waals surface area contributed by atoms with Crippen molar-refractivity contribution in [1.82, 2.24) is 42.1 Å². The van der Waals surface area contributed by atoms with Crippen molar-refractivity contribution in [1.29, 1.82) is 0 Å². The number of hydrogen-bond donors (Lipinski definition) is 9. The van der Waals surface area contributed by atoms with E-state index in [2.05, 4.69) is 43.8 Å². The van der Waals surface area contributed by atoms with E-state index in [0.717, 1.165) is 10.5 Å². The number of carbonyl (C=O) groups is 11. The third kappa shape index (κ3) is 35.2. The number of nitrogens with zero attached hydrogens (tertiary/aromatic N) is 1. The zero-order chi connectivity index (χ0) is 79.2. The third-order valence-electron chi connectivity index (χ3n) is 17.1. The second-order valence-corrected chi connectivity index (χ2v) is 29.2. The zero-order valence-electron chi connectivity index (χ0n) is 62.6. The molecule has 0 spiro atoms. The van der Waals surface area contributed by atoms with E-state index in [0.29, 0.717) is 67.8 Å². The van der Waals surface area contributed by atoms with Crippen molar-refractivity contribution in [2.24, 2.45) is 23.2 Å². The average molecular weight is 1550 g/mol. The SMILES string of the molecule is C=CCOC(CN(CCC(=O)N[C@H](C(=O)N[C@@H](CCCCNC(=O)CCOCCOCCOCCOC)C(=O)NCc1ccc([C@H]2O[C@@H]2[C@@H](C)[C@@H]2C/C=C\C(=O)N[C@H](Cc3ccc(OC)c(Cl)c3)C(=O)NCC(C)(C)C(=O)O[C@@H](CC(C)C)C(=O)O2)cc1)C(C)C)C(=O)CCC(=O)NCCS(=O)(=O)O)C(=O)O. The molecule has 1 unspecified atom stereocenters. The molecule has 4 rings (SSSR count). The van der Waals surface area contributed by atoms with Crippen molar-refractivity contribution < 1.29 is 113 Å². The molecule has 0 aliphatic carbocycles. The minimum atomic E-state index is -4.39. The molecule has 8 amide bonds. The molecule has 107 heavy (non-hydrogen) atoms. The van der Waals surface area contributed by atoms with Crippen molar-refractivity contribution in [3.8, 4) is 5.75 Å². The van der Waals surface area contributed by atoms with Crippen LogP contribution in [0.5, 0.6) is 5.75 Å². The standard InChI is InChI=1S/C73H109ClN8O24S/c1-11-31-103-58(70(91)92)44-82(63(87)25-24-59(83)76-29-39-107(95,96)97)30-26-62(86)81-64(47(4)5)69(90)80-53(15-12-13-28-75-60(84)27-32-100-35-36-102-38-37-101-34-33-98-9)67(88)77-43-49-18-21-51(22-19-49)66-65(106-66)48(6)55-16-14-17-61(85)79-54(42-50-20-23-56(99-10)52(74)41-50)68(89)78-45-73(7,8)72(94)105-57(40-46(2)3)71(93)104-55/h11,14,17-23,41,46-48,53-55,57-58,64-66H,1,12-13,15-16,24-40,42-45H2,2-10H3,(H,75,84)(H,76,83)(H,77,88)(H,78,89)(H,79,85)(H,80,90)(H,81,86)(H,91,92)(H,95,96,97)/b17-14-/t48-,53-,54+,55-,57-,58?,64-,65+,66+/m0/s1. The predicted molar refractivity (Wildman–Crippen MR) is 390 cm³/mol. The number of ether oxygens (including phenoxy) is 9. The smallest absolute Gasteiger partial charge is 0.347 e. The molecule has 598 valence electrons. The summed E-state index contributed by atoms with van der Waals surface area (Å²) >= 11 is 6.41. The van der Waals surface area contributed by atoms with E-state index in [1.54, 1.807) is 65.1 Å². The first-order chi connectivity index (χ1) is 50.7. The molecular weight excluding hydrogens is 1440 g/mol. The highest BCUT2D eigenvalue weighted by Crippen LogP contribution is 2.45. The number of esters is 2. The fraction of sp³-hybridized carbons (Fsp3) is 0.630. The number of cyclic esters (lactones) is 2. The van der Waals surface area contributed by atoms with Crippen LogP contribution in [0, 0.1) is 23.2 Å². The van der Waals surface area contributed by atoms with Crippen LogP contribution in [0.4, 0.5) is 0 Å². The van der Waals surface area contributed by atoms with Gasteiger partial charge in [0.1, 0.15) is 36.1 Å². The van der Waals surface area contributed by atoms with Crippen LogP contribution in [0.1, 0.15) is 129 Å². The lowest BCUT2D eigenvalue weighted by molar-refractivity contribution is -0.179. The molecule has 1 saturated heterocycles. The summed E-state index contributed by atoms with van der Waals surface area (Å²) in [5.41, 5.74) is 0.680. The number of carboxylic acids is 1. The van der Waals surface area contributed by atoms with E-state index in [4.69, 9.17) is 58.8 Å². The Bertz CT molecular complexity index is 3400. The molecule has 2 aliphatic heterocycles. The molecule has 0 radical (unpaired) electrons. The molecule has 2 aromatic carbocycles. The average Bonchev–Trinajstić information content (AvgIpc) is 1.64. The molecule has 2 heterocycles. The van der Waals surface area contributed by atoms with Crippen LogP contribution in [0.3, 0.4) is 0 Å². The zero-order valence-corrected chi connectivity index (χ0v) is 64.2. The molecule has 0 saturated carbocycles.